The molecule has 0 rings (SSSR count). The zero-order valence-corrected chi connectivity index (χ0v) is 13.0. The third-order valence-corrected chi connectivity index (χ3v) is 3.83. The molecule has 0 aliphatic heterocycles. The summed E-state index contributed by atoms with van der Waals surface area (Å²) in [6.45, 7) is 18.1. The highest BCUT2D eigenvalue weighted by atomic mass is 16.5. The minimum atomic E-state index is -0.0476. The number of rotatable bonds is 8. The van der Waals surface area contributed by atoms with Crippen molar-refractivity contribution < 1.29 is 9.47 Å². The fourth-order valence-corrected chi connectivity index (χ4v) is 1.85. The molecule has 0 N–H and O–H groups in total. The van der Waals surface area contributed by atoms with Gasteiger partial charge in [-0.05, 0) is 52.9 Å². The minimum absolute atomic E-state index is 0.0476. The normalized spacial score (nSPS) is 18.2. The van der Waals surface area contributed by atoms with E-state index >= 15 is 0 Å². The van der Waals surface area contributed by atoms with Crippen LogP contribution >= 0.6 is 0 Å². The first-order valence-corrected chi connectivity index (χ1v) is 7.00. The fraction of sp³-hybridized carbons (Fsp3) is 1.00. The second-order valence-electron chi connectivity index (χ2n) is 6.06. The second kappa shape index (κ2) is 7.38. The first kappa shape index (κ1) is 16.9. The molecule has 17 heavy (non-hydrogen) atoms. The Bertz CT molecular complexity index is 199. The Morgan fingerprint density at radius 3 is 1.94 bits per heavy atom. The molecule has 0 aliphatic rings. The summed E-state index contributed by atoms with van der Waals surface area (Å²) in [6.07, 6.45) is 1.65. The van der Waals surface area contributed by atoms with Crippen LogP contribution in [0.1, 0.15) is 61.8 Å². The summed E-state index contributed by atoms with van der Waals surface area (Å²) in [5.41, 5.74) is -0.0476. The van der Waals surface area contributed by atoms with E-state index in [0.717, 1.165) is 13.0 Å². The average Bonchev–Trinajstić information content (AvgIpc) is 2.16. The summed E-state index contributed by atoms with van der Waals surface area (Å²) >= 11 is 0. The molecule has 0 saturated carbocycles. The molecule has 0 radical (unpaired) electrons. The van der Waals surface area contributed by atoms with Gasteiger partial charge in [-0.15, -0.1) is 0 Å². The van der Waals surface area contributed by atoms with E-state index in [-0.39, 0.29) is 11.7 Å². The lowest BCUT2D eigenvalue weighted by atomic mass is 9.93. The third kappa shape index (κ3) is 6.42. The Hall–Kier alpha value is -0.0800. The number of hydrogen-bond donors (Lipinski definition) is 0. The predicted molar refractivity (Wildman–Crippen MR) is 74.3 cm³/mol. The van der Waals surface area contributed by atoms with Gasteiger partial charge >= 0.3 is 0 Å². The minimum Gasteiger partial charge on any atom is -0.379 e. The molecular formula is C15H32O2. The van der Waals surface area contributed by atoms with E-state index in [1.54, 1.807) is 0 Å². The molecule has 0 aromatic heterocycles. The van der Waals surface area contributed by atoms with Crippen LogP contribution in [0.15, 0.2) is 0 Å². The van der Waals surface area contributed by atoms with Gasteiger partial charge in [0, 0.05) is 6.61 Å². The fourth-order valence-electron chi connectivity index (χ4n) is 1.85. The Morgan fingerprint density at radius 2 is 1.53 bits per heavy atom. The number of hydrogen-bond acceptors (Lipinski definition) is 2. The van der Waals surface area contributed by atoms with Crippen LogP contribution in [0.5, 0.6) is 0 Å². The molecular weight excluding hydrogens is 212 g/mol. The third-order valence-electron chi connectivity index (χ3n) is 3.83. The van der Waals surface area contributed by atoms with E-state index in [0.29, 0.717) is 17.9 Å². The van der Waals surface area contributed by atoms with Crippen LogP contribution in [-0.4, -0.2) is 24.4 Å². The van der Waals surface area contributed by atoms with Crippen molar-refractivity contribution in [3.05, 3.63) is 0 Å². The van der Waals surface area contributed by atoms with Crippen LogP contribution < -0.4 is 0 Å². The van der Waals surface area contributed by atoms with E-state index in [4.69, 9.17) is 9.47 Å². The molecule has 104 valence electrons. The second-order valence-corrected chi connectivity index (χ2v) is 6.06. The molecule has 0 bridgehead atoms. The summed E-state index contributed by atoms with van der Waals surface area (Å²) in [5, 5.41) is 0. The summed E-state index contributed by atoms with van der Waals surface area (Å²) < 4.78 is 11.8. The lowest BCUT2D eigenvalue weighted by Gasteiger charge is -2.34. The van der Waals surface area contributed by atoms with Crippen molar-refractivity contribution in [1.29, 1.82) is 0 Å². The van der Waals surface area contributed by atoms with Crippen LogP contribution in [-0.2, 0) is 9.47 Å². The summed E-state index contributed by atoms with van der Waals surface area (Å²) in [5.74, 6) is 1.07. The van der Waals surface area contributed by atoms with Gasteiger partial charge in [-0.2, -0.15) is 0 Å². The average molecular weight is 244 g/mol. The smallest absolute Gasteiger partial charge is 0.0652 e. The molecule has 0 fully saturated rings. The number of ether oxygens (including phenoxy) is 2. The van der Waals surface area contributed by atoms with Gasteiger partial charge < -0.3 is 9.47 Å². The standard InChI is InChI=1S/C15H32O2/c1-9-16-14(6)12(4)10-13(5)17-15(7,8)11(2)3/h11-14H,9-10H2,1-8H3. The SMILES string of the molecule is CCOC(C)C(C)CC(C)OC(C)(C)C(C)C. The van der Waals surface area contributed by atoms with Crippen molar-refractivity contribution in [2.75, 3.05) is 6.61 Å². The Kier molecular flexibility index (Phi) is 7.34. The van der Waals surface area contributed by atoms with Crippen LogP contribution in [0.25, 0.3) is 0 Å². The summed E-state index contributed by atoms with van der Waals surface area (Å²) in [4.78, 5) is 0. The van der Waals surface area contributed by atoms with Gasteiger partial charge in [0.1, 0.15) is 0 Å². The topological polar surface area (TPSA) is 18.5 Å². The van der Waals surface area contributed by atoms with Gasteiger partial charge in [-0.1, -0.05) is 20.8 Å². The first-order valence-electron chi connectivity index (χ1n) is 7.00. The highest BCUT2D eigenvalue weighted by Crippen LogP contribution is 2.25. The van der Waals surface area contributed by atoms with E-state index in [9.17, 15) is 0 Å². The van der Waals surface area contributed by atoms with Crippen LogP contribution in [0, 0.1) is 11.8 Å². The predicted octanol–water partition coefficient (Wildman–Crippen LogP) is 4.28. The Morgan fingerprint density at radius 1 is 1.00 bits per heavy atom. The largest absolute Gasteiger partial charge is 0.379 e. The van der Waals surface area contributed by atoms with Gasteiger partial charge in [0.25, 0.3) is 0 Å². The molecule has 0 saturated heterocycles. The first-order chi connectivity index (χ1) is 7.70. The van der Waals surface area contributed by atoms with Crippen LogP contribution in [0.3, 0.4) is 0 Å². The van der Waals surface area contributed by atoms with E-state index in [1.165, 1.54) is 0 Å². The van der Waals surface area contributed by atoms with Gasteiger partial charge in [-0.25, -0.2) is 0 Å². The van der Waals surface area contributed by atoms with Crippen LogP contribution in [0.2, 0.25) is 0 Å². The molecule has 2 nitrogen and oxygen atoms in total. The van der Waals surface area contributed by atoms with E-state index < -0.39 is 0 Å². The maximum absolute atomic E-state index is 6.14. The van der Waals surface area contributed by atoms with Gasteiger partial charge in [-0.3, -0.25) is 0 Å². The van der Waals surface area contributed by atoms with Gasteiger partial charge in [0.2, 0.25) is 0 Å². The van der Waals surface area contributed by atoms with E-state index in [1.807, 2.05) is 6.92 Å². The van der Waals surface area contributed by atoms with Crippen LogP contribution in [0.4, 0.5) is 0 Å². The molecule has 3 unspecified atom stereocenters. The zero-order chi connectivity index (χ0) is 13.6. The molecule has 0 heterocycles. The molecule has 0 aromatic carbocycles. The lowest BCUT2D eigenvalue weighted by molar-refractivity contribution is -0.103. The van der Waals surface area contributed by atoms with Crippen molar-refractivity contribution in [1.82, 2.24) is 0 Å². The molecule has 0 aromatic rings. The molecule has 0 amide bonds. The highest BCUT2D eigenvalue weighted by molar-refractivity contribution is 4.75. The molecule has 0 spiro atoms. The van der Waals surface area contributed by atoms with Gasteiger partial charge in [0.15, 0.2) is 0 Å². The molecule has 3 atom stereocenters. The Balaban J connectivity index is 4.13. The van der Waals surface area contributed by atoms with E-state index in [2.05, 4.69) is 48.5 Å². The van der Waals surface area contributed by atoms with Crippen molar-refractivity contribution in [2.24, 2.45) is 11.8 Å². The maximum Gasteiger partial charge on any atom is 0.0652 e. The zero-order valence-electron chi connectivity index (χ0n) is 13.0. The van der Waals surface area contributed by atoms with Crippen molar-refractivity contribution in [3.8, 4) is 0 Å². The molecule has 0 aliphatic carbocycles. The molecule has 2 heteroatoms. The van der Waals surface area contributed by atoms with Gasteiger partial charge in [0.05, 0.1) is 17.8 Å². The monoisotopic (exact) mass is 244 g/mol. The highest BCUT2D eigenvalue weighted by Gasteiger charge is 2.26. The maximum atomic E-state index is 6.14. The quantitative estimate of drug-likeness (QED) is 0.634. The van der Waals surface area contributed by atoms with Crippen molar-refractivity contribution >= 4 is 0 Å². The summed E-state index contributed by atoms with van der Waals surface area (Å²) in [7, 11) is 0. The summed E-state index contributed by atoms with van der Waals surface area (Å²) in [6, 6.07) is 0. The lowest BCUT2D eigenvalue weighted by Crippen LogP contribution is -2.36. The van der Waals surface area contributed by atoms with Crippen molar-refractivity contribution in [2.45, 2.75) is 79.6 Å². The van der Waals surface area contributed by atoms with Crippen molar-refractivity contribution in [3.63, 3.8) is 0 Å². The Labute approximate surface area is 108 Å².